The Kier molecular flexibility index (Phi) is 10.8. The van der Waals surface area contributed by atoms with Crippen LogP contribution in [0.2, 0.25) is 0 Å². The van der Waals surface area contributed by atoms with E-state index in [1.165, 1.54) is 0 Å². The van der Waals surface area contributed by atoms with Crippen LogP contribution in [0.25, 0.3) is 10.9 Å². The van der Waals surface area contributed by atoms with E-state index >= 15 is 0 Å². The summed E-state index contributed by atoms with van der Waals surface area (Å²) in [4.78, 5) is 33.0. The summed E-state index contributed by atoms with van der Waals surface area (Å²) in [6.45, 7) is 7.05. The molecule has 1 aromatic heterocycles. The molecule has 1 fully saturated rings. The van der Waals surface area contributed by atoms with Crippen LogP contribution in [0.4, 0.5) is 5.69 Å². The largest absolute Gasteiger partial charge is 0.490 e. The molecule has 3 rings (SSSR count). The fourth-order valence-electron chi connectivity index (χ4n) is 4.14. The molecule has 1 aliphatic rings. The molecule has 0 atom stereocenters. The molecular formula is C25H35N3O5. The Labute approximate surface area is 195 Å². The van der Waals surface area contributed by atoms with Crippen molar-refractivity contribution < 1.29 is 23.9 Å². The molecule has 0 bridgehead atoms. The Morgan fingerprint density at radius 1 is 1.21 bits per heavy atom. The predicted octanol–water partition coefficient (Wildman–Crippen LogP) is 3.80. The summed E-state index contributed by atoms with van der Waals surface area (Å²) < 4.78 is 11.9. The van der Waals surface area contributed by atoms with Crippen LogP contribution in [0, 0.1) is 12.8 Å². The van der Waals surface area contributed by atoms with E-state index in [1.807, 2.05) is 31.2 Å². The lowest BCUT2D eigenvalue weighted by molar-refractivity contribution is -0.191. The number of carbonyl (C=O) groups excluding carboxylic acids is 3. The van der Waals surface area contributed by atoms with Crippen molar-refractivity contribution in [3.05, 3.63) is 30.0 Å². The van der Waals surface area contributed by atoms with Crippen LogP contribution >= 0.6 is 0 Å². The molecule has 1 aromatic carbocycles. The fourth-order valence-corrected chi connectivity index (χ4v) is 4.14. The Morgan fingerprint density at radius 3 is 2.52 bits per heavy atom. The van der Waals surface area contributed by atoms with Crippen LogP contribution in [0.15, 0.2) is 24.3 Å². The zero-order valence-corrected chi connectivity index (χ0v) is 19.8. The standard InChI is InChI=1S/C24H35N3O3.CO2/c1-4-17(5-2)14-29-15-23(28)27-18-9-11-19(12-10-18)30-22-8-6-7-21-24(22)20(25)13-16(3)26-21;2-1-3/h6-8,13,17-19H,4-5,9-12,14-15H2,1-3H3,(H2,25,26)(H,27,28);. The highest BCUT2D eigenvalue weighted by Crippen LogP contribution is 2.33. The van der Waals surface area contributed by atoms with E-state index < -0.39 is 0 Å². The van der Waals surface area contributed by atoms with Crippen LogP contribution in [-0.4, -0.2) is 42.4 Å². The van der Waals surface area contributed by atoms with Gasteiger partial charge in [0.25, 0.3) is 0 Å². The van der Waals surface area contributed by atoms with E-state index in [9.17, 15) is 4.79 Å². The van der Waals surface area contributed by atoms with E-state index in [4.69, 9.17) is 24.8 Å². The van der Waals surface area contributed by atoms with Gasteiger partial charge in [-0.1, -0.05) is 32.8 Å². The topological polar surface area (TPSA) is 121 Å². The molecule has 3 N–H and O–H groups in total. The number of nitrogens with two attached hydrogens (primary N) is 1. The number of hydrogen-bond acceptors (Lipinski definition) is 7. The van der Waals surface area contributed by atoms with Crippen LogP contribution in [0.1, 0.15) is 58.1 Å². The molecule has 0 unspecified atom stereocenters. The highest BCUT2D eigenvalue weighted by Gasteiger charge is 2.24. The van der Waals surface area contributed by atoms with Gasteiger partial charge in [0.1, 0.15) is 12.4 Å². The third-order valence-corrected chi connectivity index (χ3v) is 6.03. The van der Waals surface area contributed by atoms with Crippen molar-refractivity contribution in [3.8, 4) is 5.75 Å². The zero-order valence-electron chi connectivity index (χ0n) is 19.8. The van der Waals surface area contributed by atoms with Crippen molar-refractivity contribution in [2.24, 2.45) is 5.92 Å². The maximum Gasteiger partial charge on any atom is 0.373 e. The maximum atomic E-state index is 12.2. The number of benzene rings is 1. The van der Waals surface area contributed by atoms with Gasteiger partial charge in [0.2, 0.25) is 5.91 Å². The van der Waals surface area contributed by atoms with Gasteiger partial charge >= 0.3 is 6.15 Å². The van der Waals surface area contributed by atoms with Crippen LogP contribution < -0.4 is 15.8 Å². The maximum absolute atomic E-state index is 12.2. The first-order valence-electron chi connectivity index (χ1n) is 11.6. The lowest BCUT2D eigenvalue weighted by Gasteiger charge is -2.30. The second-order valence-corrected chi connectivity index (χ2v) is 8.44. The van der Waals surface area contributed by atoms with Crippen molar-refractivity contribution in [1.82, 2.24) is 10.3 Å². The minimum atomic E-state index is -0.0198. The van der Waals surface area contributed by atoms with E-state index in [1.54, 1.807) is 0 Å². The molecule has 1 saturated carbocycles. The van der Waals surface area contributed by atoms with Gasteiger partial charge in [-0.05, 0) is 56.7 Å². The molecule has 8 nitrogen and oxygen atoms in total. The SMILES string of the molecule is CCC(CC)COCC(=O)NC1CCC(Oc2cccc3nc(C)cc(N)c23)CC1.O=C=O. The number of hydrogen-bond donors (Lipinski definition) is 2. The zero-order chi connectivity index (χ0) is 24.2. The van der Waals surface area contributed by atoms with Crippen molar-refractivity contribution in [1.29, 1.82) is 0 Å². The van der Waals surface area contributed by atoms with E-state index in [2.05, 4.69) is 24.1 Å². The highest BCUT2D eigenvalue weighted by atomic mass is 16.5. The van der Waals surface area contributed by atoms with Crippen LogP contribution in [0.3, 0.4) is 0 Å². The lowest BCUT2D eigenvalue weighted by Crippen LogP contribution is -2.41. The average molecular weight is 458 g/mol. The highest BCUT2D eigenvalue weighted by molar-refractivity contribution is 5.95. The average Bonchev–Trinajstić information content (AvgIpc) is 2.78. The molecule has 0 spiro atoms. The number of aryl methyl sites for hydroxylation is 1. The first-order valence-corrected chi connectivity index (χ1v) is 11.6. The fraction of sp³-hybridized carbons (Fsp3) is 0.560. The van der Waals surface area contributed by atoms with Crippen molar-refractivity contribution in [2.45, 2.75) is 71.4 Å². The quantitative estimate of drug-likeness (QED) is 0.587. The first-order chi connectivity index (χ1) is 15.9. The number of rotatable bonds is 9. The van der Waals surface area contributed by atoms with Gasteiger partial charge in [0.15, 0.2) is 0 Å². The number of carbonyl (C=O) groups is 1. The Morgan fingerprint density at radius 2 is 1.88 bits per heavy atom. The Hall–Kier alpha value is -2.96. The monoisotopic (exact) mass is 457 g/mol. The summed E-state index contributed by atoms with van der Waals surface area (Å²) in [5.74, 6) is 1.31. The van der Waals surface area contributed by atoms with Crippen molar-refractivity contribution in [3.63, 3.8) is 0 Å². The van der Waals surface area contributed by atoms with Gasteiger partial charge < -0.3 is 20.5 Å². The summed E-state index contributed by atoms with van der Waals surface area (Å²) in [5, 5.41) is 3.99. The van der Waals surface area contributed by atoms with Gasteiger partial charge in [-0.3, -0.25) is 9.78 Å². The predicted molar refractivity (Wildman–Crippen MR) is 126 cm³/mol. The molecule has 0 aliphatic heterocycles. The van der Waals surface area contributed by atoms with Gasteiger partial charge in [0.05, 0.1) is 23.6 Å². The van der Waals surface area contributed by atoms with Crippen molar-refractivity contribution in [2.75, 3.05) is 18.9 Å². The van der Waals surface area contributed by atoms with E-state index in [0.29, 0.717) is 18.2 Å². The molecule has 0 saturated heterocycles. The lowest BCUT2D eigenvalue weighted by atomic mass is 9.93. The molecular weight excluding hydrogens is 422 g/mol. The molecule has 33 heavy (non-hydrogen) atoms. The molecule has 1 aliphatic carbocycles. The number of nitrogen functional groups attached to an aromatic ring is 1. The summed E-state index contributed by atoms with van der Waals surface area (Å²) in [6, 6.07) is 7.95. The first kappa shape index (κ1) is 26.3. The summed E-state index contributed by atoms with van der Waals surface area (Å²) in [7, 11) is 0. The number of nitrogens with one attached hydrogen (secondary N) is 1. The molecule has 1 heterocycles. The number of ether oxygens (including phenoxy) is 2. The third-order valence-electron chi connectivity index (χ3n) is 6.03. The molecule has 8 heteroatoms. The second kappa shape index (κ2) is 13.6. The van der Waals surface area contributed by atoms with E-state index in [0.717, 1.165) is 60.9 Å². The minimum absolute atomic E-state index is 0.0198. The molecule has 2 aromatic rings. The minimum Gasteiger partial charge on any atom is -0.490 e. The van der Waals surface area contributed by atoms with Gasteiger partial charge in [-0.25, -0.2) is 0 Å². The van der Waals surface area contributed by atoms with Gasteiger partial charge in [0, 0.05) is 17.4 Å². The smallest absolute Gasteiger partial charge is 0.373 e. The second-order valence-electron chi connectivity index (χ2n) is 8.44. The molecule has 0 radical (unpaired) electrons. The number of nitrogens with zero attached hydrogens (tertiary/aromatic N) is 1. The number of fused-ring (bicyclic) bond motifs is 1. The Balaban J connectivity index is 0.00000122. The summed E-state index contributed by atoms with van der Waals surface area (Å²) >= 11 is 0. The number of pyridine rings is 1. The Bertz CT molecular complexity index is 931. The number of anilines is 1. The summed E-state index contributed by atoms with van der Waals surface area (Å²) in [5.41, 5.74) is 8.69. The summed E-state index contributed by atoms with van der Waals surface area (Å²) in [6.07, 6.45) is 6.14. The number of aromatic nitrogens is 1. The van der Waals surface area contributed by atoms with E-state index in [-0.39, 0.29) is 30.8 Å². The van der Waals surface area contributed by atoms with Gasteiger partial charge in [-0.2, -0.15) is 9.59 Å². The van der Waals surface area contributed by atoms with Gasteiger partial charge in [-0.15, -0.1) is 0 Å². The molecule has 1 amide bonds. The number of amides is 1. The third kappa shape index (κ3) is 8.15. The molecule has 180 valence electrons. The normalized spacial score (nSPS) is 17.7. The van der Waals surface area contributed by atoms with Crippen LogP contribution in [-0.2, 0) is 19.1 Å². The van der Waals surface area contributed by atoms with Crippen molar-refractivity contribution >= 4 is 28.6 Å². The van der Waals surface area contributed by atoms with Crippen LogP contribution in [0.5, 0.6) is 5.75 Å².